The number of amides is 1. The van der Waals surface area contributed by atoms with Crippen LogP contribution in [0.25, 0.3) is 0 Å². The molecule has 1 atom stereocenters. The van der Waals surface area contributed by atoms with Crippen molar-refractivity contribution in [2.24, 2.45) is 0 Å². The van der Waals surface area contributed by atoms with Gasteiger partial charge >= 0.3 is 0 Å². The van der Waals surface area contributed by atoms with E-state index >= 15 is 0 Å². The third-order valence-electron chi connectivity index (χ3n) is 2.51. The first kappa shape index (κ1) is 13.0. The molecule has 0 fully saturated rings. The number of carbonyl (C=O) groups excluding carboxylic acids is 1. The number of ether oxygens (including phenoxy) is 2. The molecule has 1 aliphatic rings. The van der Waals surface area contributed by atoms with E-state index in [0.29, 0.717) is 35.3 Å². The molecule has 1 amide bonds. The topological polar surface area (TPSA) is 67.8 Å². The minimum absolute atomic E-state index is 0.121. The van der Waals surface area contributed by atoms with Gasteiger partial charge in [-0.15, -0.1) is 0 Å². The van der Waals surface area contributed by atoms with E-state index in [-0.39, 0.29) is 18.6 Å². The van der Waals surface area contributed by atoms with Gasteiger partial charge in [-0.3, -0.25) is 4.79 Å². The smallest absolute Gasteiger partial charge is 0.251 e. The molecule has 0 saturated carbocycles. The van der Waals surface area contributed by atoms with E-state index in [1.165, 1.54) is 6.07 Å². The molecule has 1 aliphatic heterocycles. The Balaban J connectivity index is 2.24. The van der Waals surface area contributed by atoms with Crippen LogP contribution in [0.1, 0.15) is 17.3 Å². The standard InChI is InChI=1S/C12H14ClNO4/c1-7(6-15)14-12(16)8-4-9(13)11-10(5-8)17-2-3-18-11/h4-5,7,15H,2-3,6H2,1H3,(H,14,16)/t7-/m1/s1. The molecule has 98 valence electrons. The van der Waals surface area contributed by atoms with Gasteiger partial charge in [-0.05, 0) is 19.1 Å². The van der Waals surface area contributed by atoms with Gasteiger partial charge in [0.1, 0.15) is 13.2 Å². The molecule has 0 unspecified atom stereocenters. The molecule has 2 rings (SSSR count). The number of halogens is 1. The first-order valence-electron chi connectivity index (χ1n) is 5.62. The number of fused-ring (bicyclic) bond motifs is 1. The zero-order valence-corrected chi connectivity index (χ0v) is 10.7. The van der Waals surface area contributed by atoms with E-state index in [2.05, 4.69) is 5.32 Å². The van der Waals surface area contributed by atoms with Crippen molar-refractivity contribution in [3.63, 3.8) is 0 Å². The summed E-state index contributed by atoms with van der Waals surface area (Å²) in [6.07, 6.45) is 0. The Morgan fingerprint density at radius 1 is 1.50 bits per heavy atom. The predicted molar refractivity (Wildman–Crippen MR) is 66.5 cm³/mol. The molecule has 1 aromatic rings. The van der Waals surface area contributed by atoms with Gasteiger partial charge in [0.05, 0.1) is 11.6 Å². The number of benzene rings is 1. The maximum absolute atomic E-state index is 11.9. The van der Waals surface area contributed by atoms with Gasteiger partial charge in [-0.25, -0.2) is 0 Å². The Kier molecular flexibility index (Phi) is 3.93. The zero-order valence-electron chi connectivity index (χ0n) is 9.90. The van der Waals surface area contributed by atoms with Crippen molar-refractivity contribution in [1.82, 2.24) is 5.32 Å². The fourth-order valence-electron chi connectivity index (χ4n) is 1.59. The minimum Gasteiger partial charge on any atom is -0.486 e. The van der Waals surface area contributed by atoms with Crippen molar-refractivity contribution in [3.8, 4) is 11.5 Å². The van der Waals surface area contributed by atoms with E-state index < -0.39 is 0 Å². The SMILES string of the molecule is C[C@H](CO)NC(=O)c1cc(Cl)c2c(c1)OCCO2. The number of rotatable bonds is 3. The normalized spacial score (nSPS) is 15.1. The lowest BCUT2D eigenvalue weighted by Gasteiger charge is -2.20. The summed E-state index contributed by atoms with van der Waals surface area (Å²) >= 11 is 6.03. The van der Waals surface area contributed by atoms with Gasteiger partial charge in [0.15, 0.2) is 11.5 Å². The number of aliphatic hydroxyl groups is 1. The Hall–Kier alpha value is -1.46. The summed E-state index contributed by atoms with van der Waals surface area (Å²) < 4.78 is 10.8. The van der Waals surface area contributed by atoms with Crippen LogP contribution in [0.15, 0.2) is 12.1 Å². The van der Waals surface area contributed by atoms with Crippen molar-refractivity contribution in [2.75, 3.05) is 19.8 Å². The Labute approximate surface area is 110 Å². The number of hydrogen-bond donors (Lipinski definition) is 2. The van der Waals surface area contributed by atoms with Gasteiger partial charge in [-0.2, -0.15) is 0 Å². The van der Waals surface area contributed by atoms with Crippen molar-refractivity contribution < 1.29 is 19.4 Å². The summed E-state index contributed by atoms with van der Waals surface area (Å²) in [7, 11) is 0. The summed E-state index contributed by atoms with van der Waals surface area (Å²) in [4.78, 5) is 11.9. The van der Waals surface area contributed by atoms with Gasteiger partial charge in [0.25, 0.3) is 5.91 Å². The lowest BCUT2D eigenvalue weighted by molar-refractivity contribution is 0.0921. The van der Waals surface area contributed by atoms with Crippen molar-refractivity contribution in [1.29, 1.82) is 0 Å². The summed E-state index contributed by atoms with van der Waals surface area (Å²) in [6.45, 7) is 2.46. The van der Waals surface area contributed by atoms with Crippen LogP contribution in [0.2, 0.25) is 5.02 Å². The highest BCUT2D eigenvalue weighted by Gasteiger charge is 2.19. The average Bonchev–Trinajstić information content (AvgIpc) is 2.38. The maximum atomic E-state index is 11.9. The zero-order chi connectivity index (χ0) is 13.1. The van der Waals surface area contributed by atoms with Crippen molar-refractivity contribution in [3.05, 3.63) is 22.7 Å². The molecule has 0 aliphatic carbocycles. The highest BCUT2D eigenvalue weighted by atomic mass is 35.5. The number of carbonyl (C=O) groups is 1. The molecule has 2 N–H and O–H groups in total. The monoisotopic (exact) mass is 271 g/mol. The third kappa shape index (κ3) is 2.68. The van der Waals surface area contributed by atoms with Crippen LogP contribution in [0.3, 0.4) is 0 Å². The second-order valence-electron chi connectivity index (χ2n) is 4.04. The van der Waals surface area contributed by atoms with Crippen LogP contribution < -0.4 is 14.8 Å². The van der Waals surface area contributed by atoms with Gasteiger partial charge in [-0.1, -0.05) is 11.6 Å². The summed E-state index contributed by atoms with van der Waals surface area (Å²) in [5, 5.41) is 11.9. The van der Waals surface area contributed by atoms with Gasteiger partial charge in [0.2, 0.25) is 0 Å². The molecule has 0 aromatic heterocycles. The minimum atomic E-state index is -0.315. The highest BCUT2D eigenvalue weighted by molar-refractivity contribution is 6.32. The van der Waals surface area contributed by atoms with E-state index in [4.69, 9.17) is 26.2 Å². The largest absolute Gasteiger partial charge is 0.486 e. The maximum Gasteiger partial charge on any atom is 0.251 e. The number of nitrogens with one attached hydrogen (secondary N) is 1. The van der Waals surface area contributed by atoms with Crippen molar-refractivity contribution >= 4 is 17.5 Å². The number of hydrogen-bond acceptors (Lipinski definition) is 4. The van der Waals surface area contributed by atoms with Crippen LogP contribution in [-0.4, -0.2) is 36.9 Å². The second kappa shape index (κ2) is 5.46. The quantitative estimate of drug-likeness (QED) is 0.867. The van der Waals surface area contributed by atoms with Crippen LogP contribution in [0.5, 0.6) is 11.5 Å². The van der Waals surface area contributed by atoms with Gasteiger partial charge in [0, 0.05) is 11.6 Å². The predicted octanol–water partition coefficient (Wildman–Crippen LogP) is 1.22. The van der Waals surface area contributed by atoms with E-state index in [1.807, 2.05) is 0 Å². The summed E-state index contributed by atoms with van der Waals surface area (Å²) in [5.74, 6) is 0.626. The van der Waals surface area contributed by atoms with Gasteiger partial charge < -0.3 is 19.9 Å². The molecule has 1 heterocycles. The summed E-state index contributed by atoms with van der Waals surface area (Å²) in [5.41, 5.74) is 0.379. The van der Waals surface area contributed by atoms with Crippen LogP contribution in [0, 0.1) is 0 Å². The average molecular weight is 272 g/mol. The van der Waals surface area contributed by atoms with Crippen LogP contribution in [-0.2, 0) is 0 Å². The number of aliphatic hydroxyl groups excluding tert-OH is 1. The highest BCUT2D eigenvalue weighted by Crippen LogP contribution is 2.38. The Bertz CT molecular complexity index is 464. The van der Waals surface area contributed by atoms with Crippen molar-refractivity contribution in [2.45, 2.75) is 13.0 Å². The Morgan fingerprint density at radius 2 is 2.22 bits per heavy atom. The molecular formula is C12H14ClNO4. The fraction of sp³-hybridized carbons (Fsp3) is 0.417. The van der Waals surface area contributed by atoms with Crippen LogP contribution in [0.4, 0.5) is 0 Å². The fourth-order valence-corrected chi connectivity index (χ4v) is 1.86. The molecule has 1 aromatic carbocycles. The lowest BCUT2D eigenvalue weighted by Crippen LogP contribution is -2.35. The molecule has 0 bridgehead atoms. The Morgan fingerprint density at radius 3 is 2.94 bits per heavy atom. The molecule has 0 radical (unpaired) electrons. The lowest BCUT2D eigenvalue weighted by atomic mass is 10.1. The van der Waals surface area contributed by atoms with Crippen LogP contribution >= 0.6 is 11.6 Å². The molecule has 0 spiro atoms. The molecule has 0 saturated heterocycles. The molecule has 6 heteroatoms. The molecule has 5 nitrogen and oxygen atoms in total. The second-order valence-corrected chi connectivity index (χ2v) is 4.45. The summed E-state index contributed by atoms with van der Waals surface area (Å²) in [6, 6.07) is 2.79. The third-order valence-corrected chi connectivity index (χ3v) is 2.79. The first-order chi connectivity index (χ1) is 8.61. The first-order valence-corrected chi connectivity index (χ1v) is 6.00. The van der Waals surface area contributed by atoms with E-state index in [1.54, 1.807) is 13.0 Å². The van der Waals surface area contributed by atoms with E-state index in [9.17, 15) is 4.79 Å². The molecule has 18 heavy (non-hydrogen) atoms. The van der Waals surface area contributed by atoms with E-state index in [0.717, 1.165) is 0 Å². The molecular weight excluding hydrogens is 258 g/mol.